The summed E-state index contributed by atoms with van der Waals surface area (Å²) in [5.41, 5.74) is 4.24. The monoisotopic (exact) mass is 637 g/mol. The summed E-state index contributed by atoms with van der Waals surface area (Å²) < 4.78 is 31.5. The standard InChI is InChI=1S/C35H47F2N5S.C2H6/c1-26-31(28-14-20-43(2,3)21-15-28)23-32-33-38-24-27-10-9-11-30(22-27)35(36,37)29-12-18-41(19-13-29)16-7-5-4-6-8-17-42(26)34(32)40-25-39-33;1-2/h9-11,22-23,25,28-29H,1-8,12-21,24H2,(H,38,39,40);1-2H3. The Morgan fingerprint density at radius 1 is 0.911 bits per heavy atom. The molecule has 2 saturated heterocycles. The van der Waals surface area contributed by atoms with Gasteiger partial charge in [0.15, 0.2) is 0 Å². The number of aromatic nitrogens is 2. The van der Waals surface area contributed by atoms with Gasteiger partial charge in [0.1, 0.15) is 18.0 Å². The van der Waals surface area contributed by atoms with Crippen LogP contribution in [0.5, 0.6) is 0 Å². The molecule has 0 spiro atoms. The number of nitrogens with zero attached hydrogens (tertiary/aromatic N) is 4. The highest BCUT2D eigenvalue weighted by atomic mass is 32.2. The molecule has 45 heavy (non-hydrogen) atoms. The van der Waals surface area contributed by atoms with Crippen LogP contribution in [-0.4, -0.2) is 64.3 Å². The van der Waals surface area contributed by atoms with E-state index in [-0.39, 0.29) is 5.56 Å². The predicted octanol–water partition coefficient (Wildman–Crippen LogP) is 8.68. The van der Waals surface area contributed by atoms with Crippen LogP contribution in [-0.2, 0) is 12.5 Å². The molecule has 2 fully saturated rings. The van der Waals surface area contributed by atoms with Crippen molar-refractivity contribution in [3.63, 3.8) is 0 Å². The zero-order chi connectivity index (χ0) is 32.0. The molecular weight excluding hydrogens is 585 g/mol. The average molecular weight is 638 g/mol. The van der Waals surface area contributed by atoms with Gasteiger partial charge in [-0.1, -0.05) is 69.6 Å². The number of fused-ring (bicyclic) bond motifs is 9. The summed E-state index contributed by atoms with van der Waals surface area (Å²) >= 11 is 0. The topological polar surface area (TPSA) is 44.3 Å². The number of nitrogens with one attached hydrogen (secondary N) is 1. The molecule has 8 heteroatoms. The van der Waals surface area contributed by atoms with Gasteiger partial charge in [-0.2, -0.15) is 0 Å². The summed E-state index contributed by atoms with van der Waals surface area (Å²) in [6.45, 7) is 12.4. The smallest absolute Gasteiger partial charge is 0.276 e. The summed E-state index contributed by atoms with van der Waals surface area (Å²) in [6, 6.07) is 6.95. The van der Waals surface area contributed by atoms with Crippen molar-refractivity contribution in [2.75, 3.05) is 47.9 Å². The van der Waals surface area contributed by atoms with Crippen molar-refractivity contribution in [2.24, 2.45) is 11.8 Å². The lowest BCUT2D eigenvalue weighted by Gasteiger charge is -2.38. The summed E-state index contributed by atoms with van der Waals surface area (Å²) in [6.07, 6.45) is 12.8. The van der Waals surface area contributed by atoms with Crippen LogP contribution in [0.4, 0.5) is 20.4 Å². The van der Waals surface area contributed by atoms with Gasteiger partial charge in [0.2, 0.25) is 0 Å². The predicted molar refractivity (Wildman–Crippen MR) is 192 cm³/mol. The zero-order valence-electron chi connectivity index (χ0n) is 27.5. The van der Waals surface area contributed by atoms with Gasteiger partial charge in [0, 0.05) is 30.3 Å². The fourth-order valence-corrected chi connectivity index (χ4v) is 9.07. The van der Waals surface area contributed by atoms with E-state index < -0.39 is 21.0 Å². The number of hydrogen-bond acceptors (Lipinski definition) is 5. The molecule has 5 aliphatic heterocycles. The Morgan fingerprint density at radius 2 is 1.60 bits per heavy atom. The Kier molecular flexibility index (Phi) is 11.1. The Morgan fingerprint density at radius 3 is 2.33 bits per heavy atom. The molecule has 0 radical (unpaired) electrons. The molecule has 1 aromatic heterocycles. The lowest BCUT2D eigenvalue weighted by Crippen LogP contribution is -2.40. The van der Waals surface area contributed by atoms with Crippen LogP contribution in [0.3, 0.4) is 0 Å². The summed E-state index contributed by atoms with van der Waals surface area (Å²) in [5.74, 6) is 9.54. The van der Waals surface area contributed by atoms with Crippen molar-refractivity contribution < 1.29 is 8.78 Å². The molecule has 2 aromatic rings. The third kappa shape index (κ3) is 7.82. The van der Waals surface area contributed by atoms with Crippen molar-refractivity contribution in [3.05, 3.63) is 65.1 Å². The van der Waals surface area contributed by atoms with Gasteiger partial charge >= 0.3 is 0 Å². The van der Waals surface area contributed by atoms with E-state index in [4.69, 9.17) is 4.98 Å². The van der Waals surface area contributed by atoms with Gasteiger partial charge in [-0.05, 0) is 98.9 Å². The summed E-state index contributed by atoms with van der Waals surface area (Å²) in [7, 11) is -1.000. The van der Waals surface area contributed by atoms with E-state index in [0.717, 1.165) is 98.2 Å². The maximum atomic E-state index is 15.8. The first-order valence-electron chi connectivity index (χ1n) is 17.1. The minimum absolute atomic E-state index is 0.122. The summed E-state index contributed by atoms with van der Waals surface area (Å²) in [5, 5.41) is 3.49. The molecule has 0 atom stereocenters. The van der Waals surface area contributed by atoms with E-state index >= 15 is 8.78 Å². The van der Waals surface area contributed by atoms with Crippen LogP contribution in [0.1, 0.15) is 88.3 Å². The third-order valence-electron chi connectivity index (χ3n) is 10.0. The molecule has 5 nitrogen and oxygen atoms in total. The number of halogens is 2. The molecule has 1 aromatic carbocycles. The van der Waals surface area contributed by atoms with Crippen LogP contribution in [0.15, 0.2) is 48.4 Å². The zero-order valence-corrected chi connectivity index (χ0v) is 28.3. The highest BCUT2D eigenvalue weighted by Gasteiger charge is 2.42. The Bertz CT molecular complexity index is 1440. The fourth-order valence-electron chi connectivity index (χ4n) is 7.30. The van der Waals surface area contributed by atoms with Gasteiger partial charge in [0.25, 0.3) is 5.92 Å². The highest BCUT2D eigenvalue weighted by Crippen LogP contribution is 2.45. The maximum Gasteiger partial charge on any atom is 0.276 e. The first-order valence-corrected chi connectivity index (χ1v) is 19.4. The molecule has 0 unspecified atom stereocenters. The second-order valence-electron chi connectivity index (χ2n) is 13.1. The van der Waals surface area contributed by atoms with Gasteiger partial charge in [-0.15, -0.1) is 0 Å². The quantitative estimate of drug-likeness (QED) is 0.317. The number of rotatable bonds is 1. The van der Waals surface area contributed by atoms with E-state index in [9.17, 15) is 0 Å². The molecule has 8 bridgehead atoms. The van der Waals surface area contributed by atoms with Crippen molar-refractivity contribution in [1.29, 1.82) is 0 Å². The molecule has 1 N–H and O–H groups in total. The molecule has 0 amide bonds. The van der Waals surface area contributed by atoms with Crippen LogP contribution < -0.4 is 10.2 Å². The van der Waals surface area contributed by atoms with Gasteiger partial charge < -0.3 is 15.1 Å². The average Bonchev–Trinajstić information content (AvgIpc) is 3.05. The van der Waals surface area contributed by atoms with E-state index in [0.29, 0.717) is 25.3 Å². The Labute approximate surface area is 270 Å². The van der Waals surface area contributed by atoms with E-state index in [1.54, 1.807) is 24.5 Å². The molecule has 0 saturated carbocycles. The highest BCUT2D eigenvalue weighted by molar-refractivity contribution is 8.27. The van der Waals surface area contributed by atoms with Crippen LogP contribution in [0.2, 0.25) is 0 Å². The first-order chi connectivity index (χ1) is 21.7. The van der Waals surface area contributed by atoms with E-state index in [2.05, 4.69) is 44.5 Å². The van der Waals surface area contributed by atoms with Gasteiger partial charge in [-0.25, -0.2) is 28.0 Å². The van der Waals surface area contributed by atoms with Gasteiger partial charge in [-0.3, -0.25) is 0 Å². The van der Waals surface area contributed by atoms with Gasteiger partial charge in [0.05, 0.1) is 5.56 Å². The van der Waals surface area contributed by atoms with Crippen LogP contribution >= 0.6 is 9.21 Å². The second-order valence-corrected chi connectivity index (χ2v) is 16.4. The minimum Gasteiger partial charge on any atom is -0.365 e. The van der Waals surface area contributed by atoms with E-state index in [1.807, 2.05) is 19.9 Å². The van der Waals surface area contributed by atoms with Crippen molar-refractivity contribution in [2.45, 2.75) is 84.1 Å². The number of hydrogen-bond donors (Lipinski definition) is 1. The third-order valence-corrected chi connectivity index (χ3v) is 12.2. The largest absolute Gasteiger partial charge is 0.365 e. The summed E-state index contributed by atoms with van der Waals surface area (Å²) in [4.78, 5) is 14.1. The van der Waals surface area contributed by atoms with Crippen LogP contribution in [0, 0.1) is 11.8 Å². The number of allylic oxidation sites excluding steroid dienone is 1. The lowest BCUT2D eigenvalue weighted by molar-refractivity contribution is -0.0855. The second kappa shape index (κ2) is 14.8. The lowest BCUT2D eigenvalue weighted by atomic mass is 9.86. The SMILES string of the molecule is C=C1C(C2CCS(=C)(=C)CC2)=Cc2c3ncnc2N1CCCCCCCN1CCC(CC1)C(F)(F)c1cccc(c1)CN3.CC. The number of piperidine rings is 1. The fraction of sp³-hybridized carbons (Fsp3) is 0.568. The number of anilines is 2. The molecule has 6 heterocycles. The first kappa shape index (κ1) is 33.6. The van der Waals surface area contributed by atoms with Crippen molar-refractivity contribution >= 4 is 38.7 Å². The van der Waals surface area contributed by atoms with Crippen LogP contribution in [0.25, 0.3) is 6.08 Å². The maximum absolute atomic E-state index is 15.8. The Hall–Kier alpha value is -2.71. The van der Waals surface area contributed by atoms with Crippen molar-refractivity contribution in [1.82, 2.24) is 14.9 Å². The van der Waals surface area contributed by atoms with Crippen molar-refractivity contribution in [3.8, 4) is 0 Å². The molecule has 7 rings (SSSR count). The number of alkyl halides is 2. The molecule has 5 aliphatic rings. The normalized spacial score (nSPS) is 25.6. The minimum atomic E-state index is -2.84. The van der Waals surface area contributed by atoms with E-state index in [1.165, 1.54) is 18.4 Å². The Balaban J connectivity index is 0.00000196. The molecule has 0 aliphatic carbocycles. The molecular formula is C37H53F2N5S. The molecule has 246 valence electrons. The number of benzene rings is 1.